The number of carbonyl (C=O) groups is 1. The van der Waals surface area contributed by atoms with Gasteiger partial charge in [-0.25, -0.2) is 0 Å². The third kappa shape index (κ3) is 2.73. The van der Waals surface area contributed by atoms with Crippen LogP contribution < -0.4 is 5.32 Å². The van der Waals surface area contributed by atoms with E-state index in [0.717, 1.165) is 12.8 Å². The van der Waals surface area contributed by atoms with Crippen molar-refractivity contribution >= 4 is 5.91 Å². The van der Waals surface area contributed by atoms with Crippen LogP contribution in [-0.4, -0.2) is 37.0 Å². The molecule has 0 radical (unpaired) electrons. The van der Waals surface area contributed by atoms with E-state index in [1.54, 1.807) is 6.92 Å². The first kappa shape index (κ1) is 13.0. The Hall–Kier alpha value is -1.08. The van der Waals surface area contributed by atoms with Gasteiger partial charge >= 0.3 is 0 Å². The van der Waals surface area contributed by atoms with Gasteiger partial charge in [0, 0.05) is 12.1 Å². The van der Waals surface area contributed by atoms with E-state index in [2.05, 4.69) is 24.3 Å². The van der Waals surface area contributed by atoms with Crippen LogP contribution in [0.25, 0.3) is 0 Å². The summed E-state index contributed by atoms with van der Waals surface area (Å²) in [6.45, 7) is 2.29. The molecule has 4 heteroatoms. The molecule has 1 aliphatic rings. The second-order valence-electron chi connectivity index (χ2n) is 4.89. The molecule has 0 spiro atoms. The lowest BCUT2D eigenvalue weighted by Gasteiger charge is -2.36. The summed E-state index contributed by atoms with van der Waals surface area (Å²) < 4.78 is 0. The first-order chi connectivity index (χ1) is 7.52. The van der Waals surface area contributed by atoms with Gasteiger partial charge in [-0.3, -0.25) is 4.79 Å². The van der Waals surface area contributed by atoms with Crippen molar-refractivity contribution in [3.63, 3.8) is 0 Å². The lowest BCUT2D eigenvalue weighted by atomic mass is 9.95. The number of hydrogen-bond donors (Lipinski definition) is 1. The molecule has 16 heavy (non-hydrogen) atoms. The van der Waals surface area contributed by atoms with Crippen molar-refractivity contribution in [3.8, 4) is 6.07 Å². The third-order valence-corrected chi connectivity index (χ3v) is 3.66. The van der Waals surface area contributed by atoms with Crippen LogP contribution in [0.2, 0.25) is 0 Å². The molecule has 1 N–H and O–H groups in total. The molecule has 1 aliphatic carbocycles. The highest BCUT2D eigenvalue weighted by Gasteiger charge is 2.36. The van der Waals surface area contributed by atoms with Gasteiger partial charge < -0.3 is 10.2 Å². The molecule has 0 aliphatic heterocycles. The van der Waals surface area contributed by atoms with Crippen LogP contribution in [0.3, 0.4) is 0 Å². The number of nitriles is 1. The molecular weight excluding hydrogens is 202 g/mol. The van der Waals surface area contributed by atoms with E-state index in [4.69, 9.17) is 5.26 Å². The summed E-state index contributed by atoms with van der Waals surface area (Å²) in [5.74, 6) is -0.712. The SMILES string of the molecule is CC(C#N)C(=O)NCC1(N(C)C)CCCC1. The van der Waals surface area contributed by atoms with Gasteiger partial charge in [0.25, 0.3) is 0 Å². The normalized spacial score (nSPS) is 20.4. The van der Waals surface area contributed by atoms with E-state index in [9.17, 15) is 4.79 Å². The molecule has 1 rings (SSSR count). The predicted octanol–water partition coefficient (Wildman–Crippen LogP) is 1.14. The lowest BCUT2D eigenvalue weighted by molar-refractivity contribution is -0.123. The summed E-state index contributed by atoms with van der Waals surface area (Å²) in [5, 5.41) is 11.5. The van der Waals surface area contributed by atoms with E-state index in [1.165, 1.54) is 12.8 Å². The highest BCUT2D eigenvalue weighted by atomic mass is 16.1. The van der Waals surface area contributed by atoms with Crippen molar-refractivity contribution in [3.05, 3.63) is 0 Å². The van der Waals surface area contributed by atoms with Crippen LogP contribution >= 0.6 is 0 Å². The molecule has 4 nitrogen and oxygen atoms in total. The van der Waals surface area contributed by atoms with Crippen LogP contribution in [0.15, 0.2) is 0 Å². The Balaban J connectivity index is 2.52. The summed E-state index contributed by atoms with van der Waals surface area (Å²) in [4.78, 5) is 13.7. The first-order valence-electron chi connectivity index (χ1n) is 5.86. The summed E-state index contributed by atoms with van der Waals surface area (Å²) in [7, 11) is 4.12. The van der Waals surface area contributed by atoms with Gasteiger partial charge in [-0.15, -0.1) is 0 Å². The number of likely N-dealkylation sites (N-methyl/N-ethyl adjacent to an activating group) is 1. The number of nitrogens with zero attached hydrogens (tertiary/aromatic N) is 2. The smallest absolute Gasteiger partial charge is 0.237 e. The summed E-state index contributed by atoms with van der Waals surface area (Å²) in [6.07, 6.45) is 4.70. The second kappa shape index (κ2) is 5.31. The summed E-state index contributed by atoms with van der Waals surface area (Å²) >= 11 is 0. The molecule has 1 fully saturated rings. The molecule has 0 saturated heterocycles. The van der Waals surface area contributed by atoms with Crippen LogP contribution in [0.4, 0.5) is 0 Å². The van der Waals surface area contributed by atoms with Gasteiger partial charge in [0.2, 0.25) is 5.91 Å². The Morgan fingerprint density at radius 2 is 2.06 bits per heavy atom. The molecule has 1 unspecified atom stereocenters. The van der Waals surface area contributed by atoms with Crippen molar-refractivity contribution in [2.24, 2.45) is 5.92 Å². The van der Waals surface area contributed by atoms with Gasteiger partial charge in [-0.1, -0.05) is 12.8 Å². The largest absolute Gasteiger partial charge is 0.353 e. The minimum atomic E-state index is -0.555. The molecule has 90 valence electrons. The fourth-order valence-electron chi connectivity index (χ4n) is 2.28. The Morgan fingerprint density at radius 3 is 2.50 bits per heavy atom. The average molecular weight is 223 g/mol. The molecule has 0 aromatic carbocycles. The molecule has 0 aromatic rings. The van der Waals surface area contributed by atoms with Gasteiger partial charge in [0.15, 0.2) is 0 Å². The second-order valence-corrected chi connectivity index (χ2v) is 4.89. The average Bonchev–Trinajstić information content (AvgIpc) is 2.74. The van der Waals surface area contributed by atoms with E-state index in [0.29, 0.717) is 6.54 Å². The first-order valence-corrected chi connectivity index (χ1v) is 5.86. The number of nitrogens with one attached hydrogen (secondary N) is 1. The fraction of sp³-hybridized carbons (Fsp3) is 0.833. The molecule has 0 aromatic heterocycles. The van der Waals surface area contributed by atoms with Crippen molar-refractivity contribution < 1.29 is 4.79 Å². The van der Waals surface area contributed by atoms with Crippen LogP contribution in [0, 0.1) is 17.2 Å². The van der Waals surface area contributed by atoms with Gasteiger partial charge in [0.1, 0.15) is 5.92 Å². The molecule has 1 saturated carbocycles. The maximum Gasteiger partial charge on any atom is 0.237 e. The zero-order valence-electron chi connectivity index (χ0n) is 10.4. The Bertz CT molecular complexity index is 287. The maximum atomic E-state index is 11.5. The van der Waals surface area contributed by atoms with Crippen LogP contribution in [0.5, 0.6) is 0 Å². The van der Waals surface area contributed by atoms with Crippen molar-refractivity contribution in [1.29, 1.82) is 5.26 Å². The minimum absolute atomic E-state index is 0.102. The fourth-order valence-corrected chi connectivity index (χ4v) is 2.28. The Morgan fingerprint density at radius 1 is 1.50 bits per heavy atom. The molecule has 1 amide bonds. The number of carbonyl (C=O) groups excluding carboxylic acids is 1. The van der Waals surface area contributed by atoms with Gasteiger partial charge in [0.05, 0.1) is 6.07 Å². The topological polar surface area (TPSA) is 56.1 Å². The summed E-state index contributed by atoms with van der Waals surface area (Å²) in [6, 6.07) is 1.96. The lowest BCUT2D eigenvalue weighted by Crippen LogP contribution is -2.51. The molecule has 0 bridgehead atoms. The monoisotopic (exact) mass is 223 g/mol. The van der Waals surface area contributed by atoms with Gasteiger partial charge in [-0.05, 0) is 33.9 Å². The zero-order chi connectivity index (χ0) is 12.2. The Kier molecular flexibility index (Phi) is 4.31. The zero-order valence-corrected chi connectivity index (χ0v) is 10.4. The molecule has 1 atom stereocenters. The predicted molar refractivity (Wildman–Crippen MR) is 62.7 cm³/mol. The van der Waals surface area contributed by atoms with Crippen molar-refractivity contribution in [2.75, 3.05) is 20.6 Å². The van der Waals surface area contributed by atoms with Crippen molar-refractivity contribution in [2.45, 2.75) is 38.1 Å². The quantitative estimate of drug-likeness (QED) is 0.777. The molecular formula is C12H21N3O. The van der Waals surface area contributed by atoms with E-state index in [-0.39, 0.29) is 11.4 Å². The number of rotatable bonds is 4. The minimum Gasteiger partial charge on any atom is -0.353 e. The third-order valence-electron chi connectivity index (χ3n) is 3.66. The summed E-state index contributed by atoms with van der Waals surface area (Å²) in [5.41, 5.74) is 0.102. The van der Waals surface area contributed by atoms with E-state index in [1.807, 2.05) is 6.07 Å². The maximum absolute atomic E-state index is 11.5. The standard InChI is InChI=1S/C12H21N3O/c1-10(8-13)11(16)14-9-12(15(2)3)6-4-5-7-12/h10H,4-7,9H2,1-3H3,(H,14,16). The van der Waals surface area contributed by atoms with E-state index >= 15 is 0 Å². The van der Waals surface area contributed by atoms with Crippen molar-refractivity contribution in [1.82, 2.24) is 10.2 Å². The van der Waals surface area contributed by atoms with Gasteiger partial charge in [-0.2, -0.15) is 5.26 Å². The molecule has 0 heterocycles. The number of hydrogen-bond acceptors (Lipinski definition) is 3. The van der Waals surface area contributed by atoms with Crippen LogP contribution in [0.1, 0.15) is 32.6 Å². The van der Waals surface area contributed by atoms with E-state index < -0.39 is 5.92 Å². The Labute approximate surface area is 97.6 Å². The highest BCUT2D eigenvalue weighted by Crippen LogP contribution is 2.33. The highest BCUT2D eigenvalue weighted by molar-refractivity contribution is 5.80. The number of amides is 1. The van der Waals surface area contributed by atoms with Crippen LogP contribution in [-0.2, 0) is 4.79 Å².